The zero-order valence-corrected chi connectivity index (χ0v) is 11.1. The summed E-state index contributed by atoms with van der Waals surface area (Å²) < 4.78 is 37.7. The normalized spacial score (nSPS) is 12.7. The van der Waals surface area contributed by atoms with E-state index in [2.05, 4.69) is 6.07 Å². The Bertz CT molecular complexity index is 617. The molecule has 1 unspecified atom stereocenters. The summed E-state index contributed by atoms with van der Waals surface area (Å²) in [6.07, 6.45) is 0. The van der Waals surface area contributed by atoms with E-state index in [4.69, 9.17) is 0 Å². The summed E-state index contributed by atoms with van der Waals surface area (Å²) in [5.41, 5.74) is -3.30. The van der Waals surface area contributed by atoms with Crippen molar-refractivity contribution in [1.82, 2.24) is 0 Å². The molecule has 2 aromatic carbocycles. The fraction of sp³-hybridized carbons (Fsp3) is 0.133. The first-order valence-electron chi connectivity index (χ1n) is 5.80. The molecule has 0 fully saturated rings. The highest BCUT2D eigenvalue weighted by atomic mass is 32.2. The van der Waals surface area contributed by atoms with Crippen molar-refractivity contribution < 1.29 is 13.2 Å². The minimum Gasteiger partial charge on any atom is -0.197 e. The number of halogens is 3. The molecule has 0 aliphatic rings. The summed E-state index contributed by atoms with van der Waals surface area (Å²) in [6.45, 7) is 0. The van der Waals surface area contributed by atoms with Crippen LogP contribution in [-0.4, -0.2) is 5.51 Å². The van der Waals surface area contributed by atoms with Crippen LogP contribution >= 0.6 is 11.8 Å². The Hall–Kier alpha value is -1.93. The van der Waals surface area contributed by atoms with E-state index >= 15 is 0 Å². The second kappa shape index (κ2) is 6.02. The number of nitrogens with zero attached hydrogens (tertiary/aromatic N) is 1. The highest BCUT2D eigenvalue weighted by Crippen LogP contribution is 2.41. The van der Waals surface area contributed by atoms with Gasteiger partial charge in [-0.15, -0.1) is 0 Å². The van der Waals surface area contributed by atoms with Crippen molar-refractivity contribution >= 4 is 11.8 Å². The van der Waals surface area contributed by atoms with Gasteiger partial charge in [0, 0.05) is 4.90 Å². The van der Waals surface area contributed by atoms with Crippen LogP contribution in [0.3, 0.4) is 0 Å². The molecule has 0 heterocycles. The first-order chi connectivity index (χ1) is 9.51. The van der Waals surface area contributed by atoms with Crippen LogP contribution in [-0.2, 0) is 0 Å². The average Bonchev–Trinajstić information content (AvgIpc) is 2.41. The second-order valence-corrected chi connectivity index (χ2v) is 5.17. The maximum Gasteiger partial charge on any atom is 0.446 e. The Morgan fingerprint density at radius 1 is 0.950 bits per heavy atom. The van der Waals surface area contributed by atoms with Gasteiger partial charge in [0.15, 0.2) is 0 Å². The molecule has 0 spiro atoms. The number of hydrogen-bond acceptors (Lipinski definition) is 2. The molecule has 0 saturated heterocycles. The maximum absolute atomic E-state index is 12.6. The van der Waals surface area contributed by atoms with Crippen molar-refractivity contribution in [3.8, 4) is 6.07 Å². The third-order valence-corrected chi connectivity index (χ3v) is 3.54. The van der Waals surface area contributed by atoms with E-state index < -0.39 is 11.4 Å². The molecule has 0 radical (unpaired) electrons. The second-order valence-electron chi connectivity index (χ2n) is 4.06. The average molecular weight is 293 g/mol. The number of hydrogen-bond donors (Lipinski definition) is 0. The Kier molecular flexibility index (Phi) is 4.35. The van der Waals surface area contributed by atoms with Crippen LogP contribution < -0.4 is 0 Å². The van der Waals surface area contributed by atoms with Crippen molar-refractivity contribution in [3.05, 3.63) is 65.7 Å². The number of thioether (sulfide) groups is 1. The molecule has 5 heteroatoms. The molecule has 0 aliphatic carbocycles. The molecule has 0 aliphatic heterocycles. The van der Waals surface area contributed by atoms with Gasteiger partial charge >= 0.3 is 5.51 Å². The van der Waals surface area contributed by atoms with Gasteiger partial charge in [-0.3, -0.25) is 0 Å². The topological polar surface area (TPSA) is 23.8 Å². The molecule has 102 valence electrons. The van der Waals surface area contributed by atoms with Gasteiger partial charge < -0.3 is 0 Å². The van der Waals surface area contributed by atoms with Gasteiger partial charge in [-0.05, 0) is 29.0 Å². The summed E-state index contributed by atoms with van der Waals surface area (Å²) in [5.74, 6) is -0.706. The summed E-state index contributed by atoms with van der Waals surface area (Å²) in [7, 11) is 0. The molecule has 0 bridgehead atoms. The highest BCUT2D eigenvalue weighted by molar-refractivity contribution is 8.00. The number of rotatable bonds is 3. The summed E-state index contributed by atoms with van der Waals surface area (Å²) in [5, 5.41) is 9.32. The van der Waals surface area contributed by atoms with Gasteiger partial charge in [-0.25, -0.2) is 0 Å². The standard InChI is InChI=1S/C15H10F3NS/c16-15(17,18)20-14-9-5-4-8-12(14)13(10-19)11-6-2-1-3-7-11/h1-9,13H. The van der Waals surface area contributed by atoms with Gasteiger partial charge in [0.25, 0.3) is 0 Å². The number of benzene rings is 2. The molecule has 1 nitrogen and oxygen atoms in total. The first-order valence-corrected chi connectivity index (χ1v) is 6.62. The predicted molar refractivity (Wildman–Crippen MR) is 72.3 cm³/mol. The van der Waals surface area contributed by atoms with Crippen LogP contribution in [0.1, 0.15) is 17.0 Å². The van der Waals surface area contributed by atoms with Crippen LogP contribution in [0.2, 0.25) is 0 Å². The van der Waals surface area contributed by atoms with Gasteiger partial charge in [0.2, 0.25) is 0 Å². The fourth-order valence-electron chi connectivity index (χ4n) is 1.91. The zero-order chi connectivity index (χ0) is 14.6. The third kappa shape index (κ3) is 3.55. The van der Waals surface area contributed by atoms with Crippen molar-refractivity contribution in [2.24, 2.45) is 0 Å². The summed E-state index contributed by atoms with van der Waals surface area (Å²) in [4.78, 5) is 0.0652. The van der Waals surface area contributed by atoms with Gasteiger partial charge in [-0.1, -0.05) is 48.5 Å². The van der Waals surface area contributed by atoms with Crippen LogP contribution in [0, 0.1) is 11.3 Å². The molecule has 0 aromatic heterocycles. The lowest BCUT2D eigenvalue weighted by Crippen LogP contribution is -2.04. The molecule has 2 rings (SSSR count). The van der Waals surface area contributed by atoms with Crippen molar-refractivity contribution in [2.75, 3.05) is 0 Å². The molecule has 2 aromatic rings. The van der Waals surface area contributed by atoms with Crippen LogP contribution in [0.5, 0.6) is 0 Å². The zero-order valence-electron chi connectivity index (χ0n) is 10.3. The van der Waals surface area contributed by atoms with E-state index in [-0.39, 0.29) is 16.7 Å². The van der Waals surface area contributed by atoms with E-state index in [1.807, 2.05) is 0 Å². The first kappa shape index (κ1) is 14.5. The van der Waals surface area contributed by atoms with E-state index in [1.54, 1.807) is 42.5 Å². The van der Waals surface area contributed by atoms with E-state index in [0.29, 0.717) is 11.1 Å². The minimum absolute atomic E-state index is 0.0652. The molecule has 0 N–H and O–H groups in total. The molecule has 20 heavy (non-hydrogen) atoms. The monoisotopic (exact) mass is 293 g/mol. The van der Waals surface area contributed by atoms with Crippen molar-refractivity contribution in [3.63, 3.8) is 0 Å². The molecule has 0 saturated carbocycles. The van der Waals surface area contributed by atoms with Crippen LogP contribution in [0.25, 0.3) is 0 Å². The van der Waals surface area contributed by atoms with E-state index in [1.165, 1.54) is 12.1 Å². The molecular weight excluding hydrogens is 283 g/mol. The van der Waals surface area contributed by atoms with E-state index in [0.717, 1.165) is 0 Å². The van der Waals surface area contributed by atoms with Crippen molar-refractivity contribution in [1.29, 1.82) is 5.26 Å². The Morgan fingerprint density at radius 3 is 2.15 bits per heavy atom. The van der Waals surface area contributed by atoms with Crippen molar-refractivity contribution in [2.45, 2.75) is 16.3 Å². The van der Waals surface area contributed by atoms with Gasteiger partial charge in [0.05, 0.1) is 12.0 Å². The SMILES string of the molecule is N#CC(c1ccccc1)c1ccccc1SC(F)(F)F. The van der Waals surface area contributed by atoms with Gasteiger partial charge in [-0.2, -0.15) is 18.4 Å². The number of alkyl halides is 3. The van der Waals surface area contributed by atoms with Crippen LogP contribution in [0.4, 0.5) is 13.2 Å². The quantitative estimate of drug-likeness (QED) is 0.747. The molecule has 1 atom stereocenters. The maximum atomic E-state index is 12.6. The predicted octanol–water partition coefficient (Wildman–Crippen LogP) is 4.95. The van der Waals surface area contributed by atoms with E-state index in [9.17, 15) is 18.4 Å². The fourth-order valence-corrected chi connectivity index (χ4v) is 2.61. The smallest absolute Gasteiger partial charge is 0.197 e. The third-order valence-electron chi connectivity index (χ3n) is 2.72. The Balaban J connectivity index is 2.44. The lowest BCUT2D eigenvalue weighted by molar-refractivity contribution is -0.0328. The lowest BCUT2D eigenvalue weighted by atomic mass is 9.93. The Morgan fingerprint density at radius 2 is 1.55 bits per heavy atom. The summed E-state index contributed by atoms with van der Waals surface area (Å²) >= 11 is -0.185. The Labute approximate surface area is 119 Å². The van der Waals surface area contributed by atoms with Crippen LogP contribution in [0.15, 0.2) is 59.5 Å². The lowest BCUT2D eigenvalue weighted by Gasteiger charge is -2.15. The molecule has 0 amide bonds. The number of nitriles is 1. The minimum atomic E-state index is -4.37. The summed E-state index contributed by atoms with van der Waals surface area (Å²) in [6, 6.07) is 17.0. The highest BCUT2D eigenvalue weighted by Gasteiger charge is 2.31. The molecular formula is C15H10F3NS. The largest absolute Gasteiger partial charge is 0.446 e. The van der Waals surface area contributed by atoms with Gasteiger partial charge in [0.1, 0.15) is 0 Å².